The topological polar surface area (TPSA) is 9.23 Å². The van der Waals surface area contributed by atoms with Crippen LogP contribution in [0.2, 0.25) is 0 Å². The molecule has 0 aromatic heterocycles. The van der Waals surface area contributed by atoms with Crippen molar-refractivity contribution in [2.75, 3.05) is 0 Å². The van der Waals surface area contributed by atoms with E-state index in [1.807, 2.05) is 36.4 Å². The number of ether oxygens (including phenoxy) is 1. The minimum absolute atomic E-state index is 0.855. The largest absolute Gasteiger partial charge is 0.457 e. The third-order valence-corrected chi connectivity index (χ3v) is 4.22. The van der Waals surface area contributed by atoms with Crippen molar-refractivity contribution in [3.05, 3.63) is 81.9 Å². The van der Waals surface area contributed by atoms with E-state index in [9.17, 15) is 0 Å². The second kappa shape index (κ2) is 6.31. The van der Waals surface area contributed by atoms with Gasteiger partial charge in [0.1, 0.15) is 11.5 Å². The maximum atomic E-state index is 5.92. The number of rotatable bonds is 3. The van der Waals surface area contributed by atoms with Crippen LogP contribution in [0.1, 0.15) is 5.56 Å². The number of halogens is 1. The summed E-state index contributed by atoms with van der Waals surface area (Å²) in [5, 5.41) is 0. The molecule has 0 aliphatic rings. The molecule has 0 heterocycles. The van der Waals surface area contributed by atoms with Crippen molar-refractivity contribution >= 4 is 22.6 Å². The molecule has 0 fully saturated rings. The van der Waals surface area contributed by atoms with Crippen molar-refractivity contribution in [1.29, 1.82) is 0 Å². The van der Waals surface area contributed by atoms with Crippen LogP contribution in [0.3, 0.4) is 0 Å². The van der Waals surface area contributed by atoms with Gasteiger partial charge in [-0.05, 0) is 71.0 Å². The zero-order valence-electron chi connectivity index (χ0n) is 11.7. The molecule has 2 heteroatoms. The van der Waals surface area contributed by atoms with Crippen LogP contribution in [0, 0.1) is 10.5 Å². The number of hydrogen-bond donors (Lipinski definition) is 0. The summed E-state index contributed by atoms with van der Waals surface area (Å²) in [5.74, 6) is 1.71. The van der Waals surface area contributed by atoms with E-state index >= 15 is 0 Å². The van der Waals surface area contributed by atoms with Crippen molar-refractivity contribution in [1.82, 2.24) is 0 Å². The second-order valence-corrected chi connectivity index (χ2v) is 6.08. The molecule has 0 spiro atoms. The molecule has 0 atom stereocenters. The number of para-hydroxylation sites is 1. The molecule has 104 valence electrons. The van der Waals surface area contributed by atoms with Crippen LogP contribution in [-0.4, -0.2) is 0 Å². The zero-order valence-corrected chi connectivity index (χ0v) is 13.9. The van der Waals surface area contributed by atoms with Crippen LogP contribution in [0.4, 0.5) is 0 Å². The summed E-state index contributed by atoms with van der Waals surface area (Å²) >= 11 is 2.36. The van der Waals surface area contributed by atoms with Crippen LogP contribution >= 0.6 is 22.6 Å². The summed E-state index contributed by atoms with van der Waals surface area (Å²) in [6.07, 6.45) is 0. The third-order valence-electron chi connectivity index (χ3n) is 3.28. The van der Waals surface area contributed by atoms with Gasteiger partial charge < -0.3 is 4.74 Å². The quantitative estimate of drug-likeness (QED) is 0.498. The molecule has 3 rings (SSSR count). The van der Waals surface area contributed by atoms with Gasteiger partial charge in [-0.15, -0.1) is 0 Å². The van der Waals surface area contributed by atoms with Crippen LogP contribution < -0.4 is 4.74 Å². The maximum Gasteiger partial charge on any atom is 0.128 e. The molecule has 3 aromatic rings. The Balaban J connectivity index is 1.94. The minimum Gasteiger partial charge on any atom is -0.457 e. The van der Waals surface area contributed by atoms with Gasteiger partial charge in [0.05, 0.1) is 0 Å². The number of aryl methyl sites for hydroxylation is 1. The molecule has 1 nitrogen and oxygen atoms in total. The Hall–Kier alpha value is -1.81. The smallest absolute Gasteiger partial charge is 0.128 e. The van der Waals surface area contributed by atoms with Crippen LogP contribution in [-0.2, 0) is 0 Å². The fraction of sp³-hybridized carbons (Fsp3) is 0.0526. The lowest BCUT2D eigenvalue weighted by Gasteiger charge is -2.10. The molecular formula is C19H15IO. The Morgan fingerprint density at radius 1 is 0.762 bits per heavy atom. The van der Waals surface area contributed by atoms with Gasteiger partial charge in [0.2, 0.25) is 0 Å². The molecular weight excluding hydrogens is 371 g/mol. The lowest BCUT2D eigenvalue weighted by atomic mass is 10.0. The molecule has 0 bridgehead atoms. The number of hydrogen-bond acceptors (Lipinski definition) is 1. The van der Waals surface area contributed by atoms with E-state index in [1.54, 1.807) is 0 Å². The summed E-state index contributed by atoms with van der Waals surface area (Å²) in [6.45, 7) is 2.10. The van der Waals surface area contributed by atoms with Gasteiger partial charge in [0.25, 0.3) is 0 Å². The first kappa shape index (κ1) is 14.1. The van der Waals surface area contributed by atoms with Crippen molar-refractivity contribution in [2.24, 2.45) is 0 Å². The summed E-state index contributed by atoms with van der Waals surface area (Å²) in [4.78, 5) is 0. The Morgan fingerprint density at radius 2 is 1.48 bits per heavy atom. The van der Waals surface area contributed by atoms with E-state index in [2.05, 4.69) is 65.9 Å². The lowest BCUT2D eigenvalue weighted by Crippen LogP contribution is -1.88. The molecule has 21 heavy (non-hydrogen) atoms. The third kappa shape index (κ3) is 3.45. The molecule has 0 amide bonds. The standard InChI is InChI=1S/C19H15IO/c1-14-7-9-15(10-8-14)18-13-17(11-12-19(18)20)21-16-5-3-2-4-6-16/h2-13H,1H3. The Labute approximate surface area is 138 Å². The highest BCUT2D eigenvalue weighted by Gasteiger charge is 2.06. The first-order valence-electron chi connectivity index (χ1n) is 6.82. The first-order valence-corrected chi connectivity index (χ1v) is 7.90. The molecule has 3 aromatic carbocycles. The van der Waals surface area contributed by atoms with E-state index in [0.717, 1.165) is 11.5 Å². The van der Waals surface area contributed by atoms with Gasteiger partial charge in [0, 0.05) is 3.57 Å². The van der Waals surface area contributed by atoms with Crippen molar-refractivity contribution < 1.29 is 4.74 Å². The van der Waals surface area contributed by atoms with Gasteiger partial charge in [-0.1, -0.05) is 48.0 Å². The molecule has 0 unspecified atom stereocenters. The Morgan fingerprint density at radius 3 is 2.19 bits per heavy atom. The Bertz CT molecular complexity index is 733. The number of benzene rings is 3. The van der Waals surface area contributed by atoms with E-state index in [0.29, 0.717) is 0 Å². The molecule has 0 radical (unpaired) electrons. The molecule has 0 aliphatic carbocycles. The fourth-order valence-electron chi connectivity index (χ4n) is 2.15. The summed E-state index contributed by atoms with van der Waals surface area (Å²) in [7, 11) is 0. The first-order chi connectivity index (χ1) is 10.2. The normalized spacial score (nSPS) is 10.4. The van der Waals surface area contributed by atoms with E-state index in [-0.39, 0.29) is 0 Å². The van der Waals surface area contributed by atoms with Crippen molar-refractivity contribution in [3.8, 4) is 22.6 Å². The average molecular weight is 386 g/mol. The highest BCUT2D eigenvalue weighted by molar-refractivity contribution is 14.1. The lowest BCUT2D eigenvalue weighted by molar-refractivity contribution is 0.483. The Kier molecular flexibility index (Phi) is 4.25. The highest BCUT2D eigenvalue weighted by atomic mass is 127. The monoisotopic (exact) mass is 386 g/mol. The SMILES string of the molecule is Cc1ccc(-c2cc(Oc3ccccc3)ccc2I)cc1. The van der Waals surface area contributed by atoms with E-state index < -0.39 is 0 Å². The molecule has 0 aliphatic heterocycles. The van der Waals surface area contributed by atoms with E-state index in [4.69, 9.17) is 4.74 Å². The van der Waals surface area contributed by atoms with Crippen LogP contribution in [0.25, 0.3) is 11.1 Å². The summed E-state index contributed by atoms with van der Waals surface area (Å²) in [6, 6.07) is 24.6. The van der Waals surface area contributed by atoms with Gasteiger partial charge in [-0.3, -0.25) is 0 Å². The van der Waals surface area contributed by atoms with Gasteiger partial charge in [-0.2, -0.15) is 0 Å². The average Bonchev–Trinajstić information content (AvgIpc) is 2.51. The van der Waals surface area contributed by atoms with Gasteiger partial charge in [0.15, 0.2) is 0 Å². The second-order valence-electron chi connectivity index (χ2n) is 4.92. The highest BCUT2D eigenvalue weighted by Crippen LogP contribution is 2.31. The van der Waals surface area contributed by atoms with Crippen molar-refractivity contribution in [2.45, 2.75) is 6.92 Å². The molecule has 0 saturated carbocycles. The van der Waals surface area contributed by atoms with E-state index in [1.165, 1.54) is 20.3 Å². The van der Waals surface area contributed by atoms with Crippen LogP contribution in [0.5, 0.6) is 11.5 Å². The summed E-state index contributed by atoms with van der Waals surface area (Å²) < 4.78 is 7.14. The van der Waals surface area contributed by atoms with Crippen molar-refractivity contribution in [3.63, 3.8) is 0 Å². The molecule has 0 saturated heterocycles. The zero-order chi connectivity index (χ0) is 14.7. The van der Waals surface area contributed by atoms with Gasteiger partial charge >= 0.3 is 0 Å². The van der Waals surface area contributed by atoms with Gasteiger partial charge in [-0.25, -0.2) is 0 Å². The minimum atomic E-state index is 0.855. The fourth-order valence-corrected chi connectivity index (χ4v) is 2.79. The summed E-state index contributed by atoms with van der Waals surface area (Å²) in [5.41, 5.74) is 3.68. The van der Waals surface area contributed by atoms with Crippen LogP contribution in [0.15, 0.2) is 72.8 Å². The predicted octanol–water partition coefficient (Wildman–Crippen LogP) is 6.06. The predicted molar refractivity (Wildman–Crippen MR) is 95.8 cm³/mol. The molecule has 0 N–H and O–H groups in total. The maximum absolute atomic E-state index is 5.92.